The molecule has 0 atom stereocenters. The lowest BCUT2D eigenvalue weighted by Crippen LogP contribution is -2.10. The van der Waals surface area contributed by atoms with Crippen LogP contribution >= 0.6 is 23.2 Å². The van der Waals surface area contributed by atoms with Gasteiger partial charge in [-0.1, -0.05) is 53.5 Å². The number of aromatic nitrogens is 1. The summed E-state index contributed by atoms with van der Waals surface area (Å²) in [6.45, 7) is 7.15. The number of carbonyl (C=O) groups is 1. The number of benzene rings is 3. The maximum absolute atomic E-state index is 11.5. The van der Waals surface area contributed by atoms with Crippen molar-refractivity contribution in [2.45, 2.75) is 39.7 Å². The van der Waals surface area contributed by atoms with Gasteiger partial charge in [-0.25, -0.2) is 4.98 Å². The Morgan fingerprint density at radius 1 is 0.882 bits per heavy atom. The minimum absolute atomic E-state index is 0.0569. The van der Waals surface area contributed by atoms with E-state index in [1.165, 1.54) is 0 Å². The molecule has 3 aromatic carbocycles. The van der Waals surface area contributed by atoms with Crippen molar-refractivity contribution in [2.75, 3.05) is 0 Å². The minimum Gasteiger partial charge on any atom is -0.481 e. The van der Waals surface area contributed by atoms with Gasteiger partial charge in [0.25, 0.3) is 0 Å². The molecule has 1 heterocycles. The van der Waals surface area contributed by atoms with E-state index in [1.54, 1.807) is 20.8 Å². The van der Waals surface area contributed by atoms with Crippen LogP contribution in [-0.2, 0) is 11.2 Å². The second kappa shape index (κ2) is 10.6. The minimum atomic E-state index is -0.867. The number of hydrogen-bond acceptors (Lipinski definition) is 3. The summed E-state index contributed by atoms with van der Waals surface area (Å²) in [7, 11) is 0. The van der Waals surface area contributed by atoms with Gasteiger partial charge in [0, 0.05) is 21.0 Å². The van der Waals surface area contributed by atoms with Gasteiger partial charge in [0.05, 0.1) is 23.2 Å². The first-order chi connectivity index (χ1) is 15.9. The van der Waals surface area contributed by atoms with Crippen molar-refractivity contribution in [3.8, 4) is 22.4 Å². The molecule has 0 aliphatic rings. The number of pyridine rings is 1. The summed E-state index contributed by atoms with van der Waals surface area (Å²) in [6.07, 6.45) is -0.0569. The van der Waals surface area contributed by atoms with Crippen molar-refractivity contribution in [3.63, 3.8) is 0 Å². The van der Waals surface area contributed by atoms with Crippen LogP contribution in [0.1, 0.15) is 31.9 Å². The van der Waals surface area contributed by atoms with E-state index in [-0.39, 0.29) is 6.42 Å². The molecule has 176 valence electrons. The number of hydrogen-bond donors (Lipinski definition) is 2. The summed E-state index contributed by atoms with van der Waals surface area (Å²) < 4.78 is 0. The van der Waals surface area contributed by atoms with Gasteiger partial charge in [0.2, 0.25) is 0 Å². The number of fused-ring (bicyclic) bond motifs is 1. The molecule has 0 unspecified atom stereocenters. The van der Waals surface area contributed by atoms with Gasteiger partial charge < -0.3 is 10.2 Å². The SMILES string of the molecule is CC(C)(C)O.Cc1cc2nc(-c3ccc(Cl)cc3)ccc2c(-c2ccc(Cl)cc2)c1CC(=O)O. The van der Waals surface area contributed by atoms with E-state index in [0.29, 0.717) is 10.0 Å². The molecule has 0 radical (unpaired) electrons. The Morgan fingerprint density at radius 2 is 1.38 bits per heavy atom. The first-order valence-electron chi connectivity index (χ1n) is 10.8. The second-order valence-corrected chi connectivity index (χ2v) is 9.94. The van der Waals surface area contributed by atoms with E-state index < -0.39 is 11.6 Å². The normalized spacial score (nSPS) is 11.1. The molecule has 1 aromatic heterocycles. The lowest BCUT2D eigenvalue weighted by atomic mass is 9.90. The number of halogens is 2. The monoisotopic (exact) mass is 495 g/mol. The number of aliphatic carboxylic acids is 1. The molecule has 0 bridgehead atoms. The topological polar surface area (TPSA) is 70.4 Å². The Bertz CT molecular complexity index is 1300. The van der Waals surface area contributed by atoms with Crippen molar-refractivity contribution >= 4 is 40.1 Å². The molecule has 0 spiro atoms. The molecule has 6 heteroatoms. The molecule has 0 saturated heterocycles. The lowest BCUT2D eigenvalue weighted by molar-refractivity contribution is -0.136. The number of aliphatic hydroxyl groups is 1. The zero-order valence-corrected chi connectivity index (χ0v) is 21.1. The molecule has 0 aliphatic heterocycles. The fourth-order valence-corrected chi connectivity index (χ4v) is 3.81. The van der Waals surface area contributed by atoms with Gasteiger partial charge in [-0.15, -0.1) is 0 Å². The predicted molar refractivity (Wildman–Crippen MR) is 141 cm³/mol. The van der Waals surface area contributed by atoms with E-state index in [1.807, 2.05) is 73.7 Å². The van der Waals surface area contributed by atoms with E-state index in [2.05, 4.69) is 0 Å². The van der Waals surface area contributed by atoms with E-state index in [4.69, 9.17) is 33.3 Å². The van der Waals surface area contributed by atoms with Crippen LogP contribution < -0.4 is 0 Å². The number of carboxylic acid groups (broad SMARTS) is 1. The first kappa shape index (κ1) is 25.7. The summed E-state index contributed by atoms with van der Waals surface area (Å²) in [5.74, 6) is -0.867. The standard InChI is InChI=1S/C24H17Cl2NO2.C4H10O/c1-14-12-22-19(10-11-21(27-22)15-2-6-17(25)7-3-15)24(20(14)13-23(28)29)16-4-8-18(26)9-5-16;1-4(2,3)5/h2-12H,13H2,1H3,(H,28,29);5H,1-3H3. The zero-order valence-electron chi connectivity index (χ0n) is 19.6. The number of rotatable bonds is 4. The quantitative estimate of drug-likeness (QED) is 0.305. The highest BCUT2D eigenvalue weighted by atomic mass is 35.5. The largest absolute Gasteiger partial charge is 0.481 e. The van der Waals surface area contributed by atoms with Crippen LogP contribution in [0.3, 0.4) is 0 Å². The summed E-state index contributed by atoms with van der Waals surface area (Å²) >= 11 is 12.1. The van der Waals surface area contributed by atoms with Gasteiger partial charge in [-0.05, 0) is 86.3 Å². The molecular formula is C28H27Cl2NO3. The second-order valence-electron chi connectivity index (χ2n) is 9.07. The van der Waals surface area contributed by atoms with Crippen LogP contribution in [0, 0.1) is 6.92 Å². The maximum atomic E-state index is 11.5. The van der Waals surface area contributed by atoms with E-state index in [9.17, 15) is 9.90 Å². The van der Waals surface area contributed by atoms with Crippen LogP contribution in [0.2, 0.25) is 10.0 Å². The lowest BCUT2D eigenvalue weighted by Gasteiger charge is -2.16. The average Bonchev–Trinajstić information content (AvgIpc) is 2.74. The van der Waals surface area contributed by atoms with Crippen molar-refractivity contribution in [3.05, 3.63) is 87.9 Å². The van der Waals surface area contributed by atoms with Crippen LogP contribution in [-0.4, -0.2) is 26.8 Å². The Labute approximate surface area is 209 Å². The van der Waals surface area contributed by atoms with Crippen molar-refractivity contribution in [2.24, 2.45) is 0 Å². The number of aryl methyl sites for hydroxylation is 1. The van der Waals surface area contributed by atoms with Crippen molar-refractivity contribution < 1.29 is 15.0 Å². The molecule has 34 heavy (non-hydrogen) atoms. The number of nitrogens with zero attached hydrogens (tertiary/aromatic N) is 1. The molecule has 4 nitrogen and oxygen atoms in total. The number of carboxylic acids is 1. The van der Waals surface area contributed by atoms with Gasteiger partial charge in [-0.3, -0.25) is 4.79 Å². The van der Waals surface area contributed by atoms with Crippen molar-refractivity contribution in [1.29, 1.82) is 0 Å². The van der Waals surface area contributed by atoms with Gasteiger partial charge in [0.1, 0.15) is 0 Å². The van der Waals surface area contributed by atoms with Crippen LogP contribution in [0.15, 0.2) is 66.7 Å². The van der Waals surface area contributed by atoms with E-state index >= 15 is 0 Å². The molecule has 0 saturated carbocycles. The zero-order chi connectivity index (χ0) is 25.0. The highest BCUT2D eigenvalue weighted by molar-refractivity contribution is 6.31. The van der Waals surface area contributed by atoms with Crippen LogP contribution in [0.4, 0.5) is 0 Å². The third kappa shape index (κ3) is 6.80. The summed E-state index contributed by atoms with van der Waals surface area (Å²) in [5.41, 5.74) is 5.60. The molecule has 0 amide bonds. The smallest absolute Gasteiger partial charge is 0.307 e. The fourth-order valence-electron chi connectivity index (χ4n) is 3.56. The fraction of sp³-hybridized carbons (Fsp3) is 0.214. The van der Waals surface area contributed by atoms with Crippen LogP contribution in [0.5, 0.6) is 0 Å². The molecular weight excluding hydrogens is 469 g/mol. The Kier molecular flexibility index (Phi) is 7.98. The molecule has 2 N–H and O–H groups in total. The van der Waals surface area contributed by atoms with Crippen LogP contribution in [0.25, 0.3) is 33.3 Å². The Hall–Kier alpha value is -2.92. The Morgan fingerprint density at radius 3 is 1.88 bits per heavy atom. The van der Waals surface area contributed by atoms with Gasteiger partial charge in [-0.2, -0.15) is 0 Å². The van der Waals surface area contributed by atoms with Crippen molar-refractivity contribution in [1.82, 2.24) is 4.98 Å². The van der Waals surface area contributed by atoms with Gasteiger partial charge in [0.15, 0.2) is 0 Å². The summed E-state index contributed by atoms with van der Waals surface area (Å²) in [6, 6.07) is 20.9. The molecule has 4 rings (SSSR count). The highest BCUT2D eigenvalue weighted by Crippen LogP contribution is 2.36. The average molecular weight is 496 g/mol. The van der Waals surface area contributed by atoms with E-state index in [0.717, 1.165) is 44.4 Å². The highest BCUT2D eigenvalue weighted by Gasteiger charge is 2.17. The molecule has 0 fully saturated rings. The maximum Gasteiger partial charge on any atom is 0.307 e. The molecule has 4 aromatic rings. The Balaban J connectivity index is 0.000000588. The third-order valence-corrected chi connectivity index (χ3v) is 5.43. The van der Waals surface area contributed by atoms with Gasteiger partial charge >= 0.3 is 5.97 Å². The summed E-state index contributed by atoms with van der Waals surface area (Å²) in [5, 5.41) is 20.2. The first-order valence-corrected chi connectivity index (χ1v) is 11.6. The summed E-state index contributed by atoms with van der Waals surface area (Å²) in [4.78, 5) is 16.4. The third-order valence-electron chi connectivity index (χ3n) is 4.93. The molecule has 0 aliphatic carbocycles. The predicted octanol–water partition coefficient (Wildman–Crippen LogP) is 7.59.